The number of ether oxygens (including phenoxy) is 2. The van der Waals surface area contributed by atoms with Crippen molar-refractivity contribution in [2.24, 2.45) is 0 Å². The van der Waals surface area contributed by atoms with Gasteiger partial charge in [-0.2, -0.15) is 0 Å². The average Bonchev–Trinajstić information content (AvgIpc) is 2.47. The van der Waals surface area contributed by atoms with Crippen LogP contribution in [0, 0.1) is 0 Å². The molecule has 0 aliphatic rings. The Labute approximate surface area is 120 Å². The van der Waals surface area contributed by atoms with Gasteiger partial charge in [-0.15, -0.1) is 0 Å². The average molecular weight is 280 g/mol. The lowest BCUT2D eigenvalue weighted by molar-refractivity contribution is -0.149. The van der Waals surface area contributed by atoms with E-state index in [4.69, 9.17) is 9.47 Å². The highest BCUT2D eigenvalue weighted by Gasteiger charge is 2.34. The molecule has 0 bridgehead atoms. The van der Waals surface area contributed by atoms with Gasteiger partial charge in [-0.25, -0.2) is 4.79 Å². The number of likely N-dealkylation sites (N-methyl/N-ethyl adjacent to an activating group) is 2. The third-order valence-electron chi connectivity index (χ3n) is 3.33. The number of hydrogen-bond donors (Lipinski definition) is 1. The number of nitrogens with one attached hydrogen (secondary N) is 1. The Balaban J connectivity index is 2.85. The van der Waals surface area contributed by atoms with E-state index in [1.165, 1.54) is 0 Å². The molecule has 1 aromatic rings. The zero-order chi connectivity index (χ0) is 15.2. The lowest BCUT2D eigenvalue weighted by Crippen LogP contribution is -2.55. The van der Waals surface area contributed by atoms with Gasteiger partial charge in [-0.1, -0.05) is 6.07 Å². The van der Waals surface area contributed by atoms with Gasteiger partial charge in [-0.3, -0.25) is 0 Å². The van der Waals surface area contributed by atoms with Crippen LogP contribution in [-0.4, -0.2) is 45.9 Å². The molecular weight excluding hydrogens is 256 g/mol. The van der Waals surface area contributed by atoms with Crippen molar-refractivity contribution < 1.29 is 14.3 Å². The number of benzene rings is 1. The van der Waals surface area contributed by atoms with E-state index in [2.05, 4.69) is 5.32 Å². The number of carbonyl (C=O) groups is 1. The van der Waals surface area contributed by atoms with E-state index in [-0.39, 0.29) is 5.97 Å². The summed E-state index contributed by atoms with van der Waals surface area (Å²) in [5.41, 5.74) is 0.225. The molecule has 0 saturated carbocycles. The highest BCUT2D eigenvalue weighted by atomic mass is 16.5. The van der Waals surface area contributed by atoms with Gasteiger partial charge in [0.15, 0.2) is 0 Å². The molecular formula is C15H24N2O3. The summed E-state index contributed by atoms with van der Waals surface area (Å²) in [6.45, 7) is 4.51. The number of esters is 1. The van der Waals surface area contributed by atoms with Crippen LogP contribution in [-0.2, 0) is 9.53 Å². The lowest BCUT2D eigenvalue weighted by Gasteiger charge is -2.32. The Morgan fingerprint density at radius 1 is 1.45 bits per heavy atom. The van der Waals surface area contributed by atoms with Gasteiger partial charge >= 0.3 is 5.97 Å². The van der Waals surface area contributed by atoms with Crippen molar-refractivity contribution in [3.05, 3.63) is 24.3 Å². The Hall–Kier alpha value is -1.75. The minimum atomic E-state index is -0.756. The van der Waals surface area contributed by atoms with Gasteiger partial charge in [0.1, 0.15) is 11.3 Å². The fourth-order valence-electron chi connectivity index (χ4n) is 1.95. The summed E-state index contributed by atoms with van der Waals surface area (Å²) >= 11 is 0. The summed E-state index contributed by atoms with van der Waals surface area (Å²) in [6.07, 6.45) is 0. The first-order valence-corrected chi connectivity index (χ1v) is 6.68. The van der Waals surface area contributed by atoms with E-state index >= 15 is 0 Å². The highest BCUT2D eigenvalue weighted by molar-refractivity contribution is 5.81. The number of rotatable bonds is 7. The molecule has 1 atom stereocenters. The summed E-state index contributed by atoms with van der Waals surface area (Å²) in [6, 6.07) is 7.72. The first kappa shape index (κ1) is 16.3. The van der Waals surface area contributed by atoms with Crippen LogP contribution in [0.3, 0.4) is 0 Å². The SMILES string of the molecule is CCOC(=O)C(C)(CN(C)c1cccc(OC)c1)NC. The predicted molar refractivity (Wildman–Crippen MR) is 80.4 cm³/mol. The number of nitrogens with zero attached hydrogens (tertiary/aromatic N) is 1. The third kappa shape index (κ3) is 3.87. The molecule has 5 nitrogen and oxygen atoms in total. The fraction of sp³-hybridized carbons (Fsp3) is 0.533. The van der Waals surface area contributed by atoms with Crippen LogP contribution in [0.2, 0.25) is 0 Å². The van der Waals surface area contributed by atoms with Crippen LogP contribution in [0.1, 0.15) is 13.8 Å². The van der Waals surface area contributed by atoms with Gasteiger partial charge in [0, 0.05) is 25.3 Å². The molecule has 1 N–H and O–H groups in total. The molecule has 20 heavy (non-hydrogen) atoms. The number of carbonyl (C=O) groups excluding carboxylic acids is 1. The van der Waals surface area contributed by atoms with Gasteiger partial charge in [0.05, 0.1) is 13.7 Å². The second-order valence-electron chi connectivity index (χ2n) is 4.86. The molecule has 0 fully saturated rings. The molecule has 0 radical (unpaired) electrons. The summed E-state index contributed by atoms with van der Waals surface area (Å²) in [5, 5.41) is 3.04. The van der Waals surface area contributed by atoms with Crippen LogP contribution < -0.4 is 15.0 Å². The van der Waals surface area contributed by atoms with E-state index in [0.29, 0.717) is 13.2 Å². The maximum atomic E-state index is 12.0. The summed E-state index contributed by atoms with van der Waals surface area (Å²) in [4.78, 5) is 14.0. The van der Waals surface area contributed by atoms with Crippen molar-refractivity contribution in [2.75, 3.05) is 39.3 Å². The fourth-order valence-corrected chi connectivity index (χ4v) is 1.95. The van der Waals surface area contributed by atoms with E-state index in [0.717, 1.165) is 11.4 Å². The number of anilines is 1. The predicted octanol–water partition coefficient (Wildman–Crippen LogP) is 1.67. The second-order valence-corrected chi connectivity index (χ2v) is 4.86. The molecule has 5 heteroatoms. The number of hydrogen-bond acceptors (Lipinski definition) is 5. The monoisotopic (exact) mass is 280 g/mol. The van der Waals surface area contributed by atoms with Crippen molar-refractivity contribution >= 4 is 11.7 Å². The second kappa shape index (κ2) is 7.14. The highest BCUT2D eigenvalue weighted by Crippen LogP contribution is 2.21. The van der Waals surface area contributed by atoms with E-state index in [1.807, 2.05) is 43.1 Å². The summed E-state index contributed by atoms with van der Waals surface area (Å²) < 4.78 is 10.3. The Morgan fingerprint density at radius 3 is 2.70 bits per heavy atom. The van der Waals surface area contributed by atoms with Gasteiger partial charge in [0.2, 0.25) is 0 Å². The van der Waals surface area contributed by atoms with Gasteiger partial charge in [0.25, 0.3) is 0 Å². The summed E-state index contributed by atoms with van der Waals surface area (Å²) in [7, 11) is 5.33. The maximum absolute atomic E-state index is 12.0. The van der Waals surface area contributed by atoms with Crippen molar-refractivity contribution in [2.45, 2.75) is 19.4 Å². The zero-order valence-electron chi connectivity index (χ0n) is 12.9. The molecule has 0 amide bonds. The normalized spacial score (nSPS) is 13.4. The van der Waals surface area contributed by atoms with Crippen LogP contribution in [0.4, 0.5) is 5.69 Å². The first-order chi connectivity index (χ1) is 9.46. The minimum absolute atomic E-state index is 0.253. The van der Waals surface area contributed by atoms with Crippen LogP contribution in [0.25, 0.3) is 0 Å². The van der Waals surface area contributed by atoms with Gasteiger partial charge < -0.3 is 19.7 Å². The van der Waals surface area contributed by atoms with Crippen molar-refractivity contribution in [3.63, 3.8) is 0 Å². The molecule has 1 aromatic carbocycles. The van der Waals surface area contributed by atoms with Gasteiger partial charge in [-0.05, 0) is 33.0 Å². The quantitative estimate of drug-likeness (QED) is 0.770. The van der Waals surface area contributed by atoms with E-state index < -0.39 is 5.54 Å². The Kier molecular flexibility index (Phi) is 5.82. The zero-order valence-corrected chi connectivity index (χ0v) is 12.9. The molecule has 0 spiro atoms. The van der Waals surface area contributed by atoms with Crippen LogP contribution >= 0.6 is 0 Å². The van der Waals surface area contributed by atoms with E-state index in [9.17, 15) is 4.79 Å². The molecule has 0 aromatic heterocycles. The molecule has 0 aliphatic heterocycles. The Bertz CT molecular complexity index is 450. The van der Waals surface area contributed by atoms with Crippen molar-refractivity contribution in [1.29, 1.82) is 0 Å². The van der Waals surface area contributed by atoms with Crippen molar-refractivity contribution in [3.8, 4) is 5.75 Å². The van der Waals surface area contributed by atoms with Crippen molar-refractivity contribution in [1.82, 2.24) is 5.32 Å². The number of methoxy groups -OCH3 is 1. The molecule has 112 valence electrons. The smallest absolute Gasteiger partial charge is 0.327 e. The molecule has 1 unspecified atom stereocenters. The molecule has 0 heterocycles. The standard InChI is InChI=1S/C15H24N2O3/c1-6-20-14(18)15(2,16-3)11-17(4)12-8-7-9-13(10-12)19-5/h7-10,16H,6,11H2,1-5H3. The molecule has 0 aliphatic carbocycles. The van der Waals surface area contributed by atoms with Crippen LogP contribution in [0.15, 0.2) is 24.3 Å². The van der Waals surface area contributed by atoms with Crippen LogP contribution in [0.5, 0.6) is 5.75 Å². The topological polar surface area (TPSA) is 50.8 Å². The minimum Gasteiger partial charge on any atom is -0.497 e. The Morgan fingerprint density at radius 2 is 2.15 bits per heavy atom. The van der Waals surface area contributed by atoms with E-state index in [1.54, 1.807) is 21.1 Å². The lowest BCUT2D eigenvalue weighted by atomic mass is 10.0. The first-order valence-electron chi connectivity index (χ1n) is 6.68. The summed E-state index contributed by atoms with van der Waals surface area (Å²) in [5.74, 6) is 0.536. The largest absolute Gasteiger partial charge is 0.497 e. The molecule has 0 saturated heterocycles. The third-order valence-corrected chi connectivity index (χ3v) is 3.33. The molecule has 1 rings (SSSR count). The maximum Gasteiger partial charge on any atom is 0.327 e.